The van der Waals surface area contributed by atoms with Crippen LogP contribution in [-0.2, 0) is 4.79 Å². The van der Waals surface area contributed by atoms with Crippen LogP contribution in [-0.4, -0.2) is 18.0 Å². The molecule has 3 heteroatoms. The predicted molar refractivity (Wildman–Crippen MR) is 42.3 cm³/mol. The third kappa shape index (κ3) is 0.800. The lowest BCUT2D eigenvalue weighted by atomic mass is 9.89. The summed E-state index contributed by atoms with van der Waals surface area (Å²) in [6, 6.07) is 0. The summed E-state index contributed by atoms with van der Waals surface area (Å²) < 4.78 is 0. The molecule has 3 nitrogen and oxygen atoms in total. The Hall–Kier alpha value is -0.860. The number of nitrogens with zero attached hydrogens (tertiary/aromatic N) is 1. The van der Waals surface area contributed by atoms with Crippen LogP contribution in [0.2, 0.25) is 0 Å². The molecule has 0 aromatic heterocycles. The van der Waals surface area contributed by atoms with E-state index in [-0.39, 0.29) is 11.2 Å². The molecule has 0 amide bonds. The molecule has 1 heterocycles. The third-order valence-electron chi connectivity index (χ3n) is 2.53. The van der Waals surface area contributed by atoms with Crippen LogP contribution in [0.25, 0.3) is 0 Å². The summed E-state index contributed by atoms with van der Waals surface area (Å²) in [6.07, 6.45) is 0.956. The highest BCUT2D eigenvalue weighted by Crippen LogP contribution is 2.37. The molecule has 60 valence electrons. The van der Waals surface area contributed by atoms with Crippen LogP contribution in [0.1, 0.15) is 20.3 Å². The minimum absolute atomic E-state index is 0.161. The van der Waals surface area contributed by atoms with Gasteiger partial charge in [-0.1, -0.05) is 13.8 Å². The van der Waals surface area contributed by atoms with Crippen molar-refractivity contribution in [3.63, 3.8) is 0 Å². The second-order valence-electron chi connectivity index (χ2n) is 3.97. The van der Waals surface area contributed by atoms with Gasteiger partial charge in [-0.2, -0.15) is 5.10 Å². The van der Waals surface area contributed by atoms with Crippen LogP contribution in [0.5, 0.6) is 0 Å². The van der Waals surface area contributed by atoms with E-state index < -0.39 is 0 Å². The van der Waals surface area contributed by atoms with Gasteiger partial charge in [-0.15, -0.1) is 0 Å². The fourth-order valence-electron chi connectivity index (χ4n) is 1.89. The van der Waals surface area contributed by atoms with E-state index in [9.17, 15) is 4.79 Å². The summed E-state index contributed by atoms with van der Waals surface area (Å²) in [7, 11) is 0. The zero-order valence-corrected chi connectivity index (χ0v) is 6.85. The van der Waals surface area contributed by atoms with Crippen molar-refractivity contribution >= 4 is 11.5 Å². The molecule has 2 aliphatic rings. The zero-order valence-electron chi connectivity index (χ0n) is 6.85. The molecular weight excluding hydrogens is 140 g/mol. The molecule has 0 spiro atoms. The minimum Gasteiger partial charge on any atom is -0.309 e. The van der Waals surface area contributed by atoms with Gasteiger partial charge in [-0.25, -0.2) is 0 Å². The van der Waals surface area contributed by atoms with Gasteiger partial charge in [0, 0.05) is 17.9 Å². The first-order chi connectivity index (χ1) is 5.11. The average molecular weight is 152 g/mol. The summed E-state index contributed by atoms with van der Waals surface area (Å²) >= 11 is 0. The van der Waals surface area contributed by atoms with E-state index in [4.69, 9.17) is 0 Å². The first-order valence-corrected chi connectivity index (χ1v) is 3.96. The lowest BCUT2D eigenvalue weighted by molar-refractivity contribution is -0.119. The standard InChI is InChI=1S/C8H12N2O/c1-8(2)3-5-4-9-10-6(5)7(8)11/h5,9H,3-4H2,1-2H3/t5-/m1/s1. The molecule has 0 aromatic carbocycles. The first kappa shape index (κ1) is 6.83. The smallest absolute Gasteiger partial charge is 0.184 e. The maximum Gasteiger partial charge on any atom is 0.184 e. The molecule has 0 bridgehead atoms. The van der Waals surface area contributed by atoms with E-state index >= 15 is 0 Å². The Balaban J connectivity index is 2.36. The normalized spacial score (nSPS) is 33.1. The molecule has 2 rings (SSSR count). The molecule has 0 aromatic rings. The van der Waals surface area contributed by atoms with Gasteiger partial charge in [0.25, 0.3) is 0 Å². The largest absolute Gasteiger partial charge is 0.309 e. The van der Waals surface area contributed by atoms with Gasteiger partial charge in [0.05, 0.1) is 0 Å². The zero-order chi connectivity index (χ0) is 8.06. The van der Waals surface area contributed by atoms with E-state index in [0.717, 1.165) is 18.7 Å². The first-order valence-electron chi connectivity index (χ1n) is 3.96. The molecule has 1 saturated carbocycles. The number of hydrogen-bond donors (Lipinski definition) is 1. The van der Waals surface area contributed by atoms with Crippen LogP contribution in [0.3, 0.4) is 0 Å². The van der Waals surface area contributed by atoms with Crippen molar-refractivity contribution in [2.24, 2.45) is 16.4 Å². The van der Waals surface area contributed by atoms with Gasteiger partial charge in [-0.3, -0.25) is 4.79 Å². The summed E-state index contributed by atoms with van der Waals surface area (Å²) in [5.41, 5.74) is 3.47. The Morgan fingerprint density at radius 1 is 1.64 bits per heavy atom. The van der Waals surface area contributed by atoms with Crippen LogP contribution in [0.4, 0.5) is 0 Å². The highest BCUT2D eigenvalue weighted by atomic mass is 16.1. The van der Waals surface area contributed by atoms with Gasteiger partial charge in [0.15, 0.2) is 5.78 Å². The Morgan fingerprint density at radius 2 is 2.36 bits per heavy atom. The molecule has 1 atom stereocenters. The molecule has 0 radical (unpaired) electrons. The molecule has 0 saturated heterocycles. The van der Waals surface area contributed by atoms with E-state index in [2.05, 4.69) is 10.5 Å². The second kappa shape index (κ2) is 1.84. The van der Waals surface area contributed by atoms with Crippen molar-refractivity contribution < 1.29 is 4.79 Å². The minimum atomic E-state index is -0.161. The van der Waals surface area contributed by atoms with Crippen molar-refractivity contribution in [2.45, 2.75) is 20.3 Å². The van der Waals surface area contributed by atoms with Gasteiger partial charge in [0.2, 0.25) is 0 Å². The predicted octanol–water partition coefficient (Wildman–Crippen LogP) is 0.561. The third-order valence-corrected chi connectivity index (χ3v) is 2.53. The number of ketones is 1. The van der Waals surface area contributed by atoms with Gasteiger partial charge in [-0.05, 0) is 6.42 Å². The number of carbonyl (C=O) groups excluding carboxylic acids is 1. The number of nitrogens with one attached hydrogen (secondary N) is 1. The van der Waals surface area contributed by atoms with Gasteiger partial charge in [0.1, 0.15) is 5.71 Å². The van der Waals surface area contributed by atoms with E-state index in [1.165, 1.54) is 0 Å². The van der Waals surface area contributed by atoms with Crippen molar-refractivity contribution in [1.82, 2.24) is 5.43 Å². The maximum atomic E-state index is 11.5. The topological polar surface area (TPSA) is 41.5 Å². The Morgan fingerprint density at radius 3 is 3.00 bits per heavy atom. The number of carbonyl (C=O) groups is 1. The summed E-state index contributed by atoms with van der Waals surface area (Å²) in [4.78, 5) is 11.5. The quantitative estimate of drug-likeness (QED) is 0.551. The molecule has 1 N–H and O–H groups in total. The van der Waals surface area contributed by atoms with Crippen LogP contribution in [0, 0.1) is 11.3 Å². The fraction of sp³-hybridized carbons (Fsp3) is 0.750. The van der Waals surface area contributed by atoms with Crippen molar-refractivity contribution in [1.29, 1.82) is 0 Å². The lowest BCUT2D eigenvalue weighted by Crippen LogP contribution is -2.21. The molecule has 11 heavy (non-hydrogen) atoms. The number of rotatable bonds is 0. The van der Waals surface area contributed by atoms with Crippen LogP contribution >= 0.6 is 0 Å². The molecule has 0 unspecified atom stereocenters. The summed E-state index contributed by atoms with van der Waals surface area (Å²) in [6.45, 7) is 4.84. The Bertz CT molecular complexity index is 242. The van der Waals surface area contributed by atoms with Crippen molar-refractivity contribution in [3.05, 3.63) is 0 Å². The molecule has 1 fully saturated rings. The molecular formula is C8H12N2O. The summed E-state index contributed by atoms with van der Waals surface area (Å²) in [5, 5.41) is 3.99. The highest BCUT2D eigenvalue weighted by molar-refractivity contribution is 6.44. The maximum absolute atomic E-state index is 11.5. The Labute approximate surface area is 65.9 Å². The number of hydrogen-bond acceptors (Lipinski definition) is 3. The van der Waals surface area contributed by atoms with E-state index in [0.29, 0.717) is 5.92 Å². The lowest BCUT2D eigenvalue weighted by Gasteiger charge is -2.13. The molecule has 1 aliphatic heterocycles. The molecule has 1 aliphatic carbocycles. The summed E-state index contributed by atoms with van der Waals surface area (Å²) in [5.74, 6) is 0.616. The Kier molecular flexibility index (Phi) is 1.14. The fourth-order valence-corrected chi connectivity index (χ4v) is 1.89. The van der Waals surface area contributed by atoms with Crippen LogP contribution < -0.4 is 5.43 Å². The second-order valence-corrected chi connectivity index (χ2v) is 3.97. The van der Waals surface area contributed by atoms with Crippen LogP contribution in [0.15, 0.2) is 5.10 Å². The van der Waals surface area contributed by atoms with E-state index in [1.807, 2.05) is 13.8 Å². The SMILES string of the molecule is CC1(C)C[C@@H]2CNN=C2C1=O. The number of Topliss-reactive ketones (excluding diaryl/α,β-unsaturated/α-hetero) is 1. The monoisotopic (exact) mass is 152 g/mol. The average Bonchev–Trinajstić information content (AvgIpc) is 2.39. The van der Waals surface area contributed by atoms with Gasteiger partial charge < -0.3 is 5.43 Å². The highest BCUT2D eigenvalue weighted by Gasteiger charge is 2.46. The van der Waals surface area contributed by atoms with Gasteiger partial charge >= 0.3 is 0 Å². The van der Waals surface area contributed by atoms with Crippen molar-refractivity contribution in [3.8, 4) is 0 Å². The van der Waals surface area contributed by atoms with E-state index in [1.54, 1.807) is 0 Å². The number of hydrazone groups is 1. The number of fused-ring (bicyclic) bond motifs is 1. The van der Waals surface area contributed by atoms with Crippen molar-refractivity contribution in [2.75, 3.05) is 6.54 Å².